The first-order chi connectivity index (χ1) is 10.0. The van der Waals surface area contributed by atoms with E-state index >= 15 is 0 Å². The second kappa shape index (κ2) is 5.78. The molecule has 3 rings (SSSR count). The molecule has 1 aliphatic heterocycles. The average Bonchev–Trinajstić information content (AvgIpc) is 2.78. The predicted octanol–water partition coefficient (Wildman–Crippen LogP) is 2.66. The number of hydrogen-bond donors (Lipinski definition) is 2. The maximum Gasteiger partial charge on any atom is 0.227 e. The minimum absolute atomic E-state index is 0.0781. The monoisotopic (exact) mass is 288 g/mol. The molecule has 1 amide bonds. The summed E-state index contributed by atoms with van der Waals surface area (Å²) in [7, 11) is 2.09. The highest BCUT2D eigenvalue weighted by Crippen LogP contribution is 2.31. The highest BCUT2D eigenvalue weighted by Gasteiger charge is 2.31. The number of anilines is 1. The molecule has 1 heterocycles. The van der Waals surface area contributed by atoms with E-state index in [1.165, 1.54) is 17.5 Å². The second-order valence-corrected chi connectivity index (χ2v) is 6.67. The van der Waals surface area contributed by atoms with Crippen LogP contribution in [0.4, 0.5) is 5.69 Å². The van der Waals surface area contributed by atoms with E-state index in [1.807, 2.05) is 6.07 Å². The Hall–Kier alpha value is -1.39. The van der Waals surface area contributed by atoms with Gasteiger partial charge in [0.05, 0.1) is 12.0 Å². The van der Waals surface area contributed by atoms with Crippen LogP contribution in [0, 0.1) is 0 Å². The highest BCUT2D eigenvalue weighted by atomic mass is 16.3. The van der Waals surface area contributed by atoms with Gasteiger partial charge >= 0.3 is 0 Å². The first kappa shape index (κ1) is 14.5. The highest BCUT2D eigenvalue weighted by molar-refractivity contribution is 5.91. The molecule has 1 aliphatic carbocycles. The summed E-state index contributed by atoms with van der Waals surface area (Å²) < 4.78 is 0. The summed E-state index contributed by atoms with van der Waals surface area (Å²) in [4.78, 5) is 14.4. The molecule has 4 heteroatoms. The maximum atomic E-state index is 12.2. The van der Waals surface area contributed by atoms with Crippen LogP contribution in [0.15, 0.2) is 18.2 Å². The Morgan fingerprint density at radius 2 is 1.95 bits per heavy atom. The molecule has 1 aromatic rings. The van der Waals surface area contributed by atoms with Crippen LogP contribution in [0.5, 0.6) is 0 Å². The molecule has 0 radical (unpaired) electrons. The third kappa shape index (κ3) is 3.44. The van der Waals surface area contributed by atoms with Crippen LogP contribution in [0.25, 0.3) is 0 Å². The third-order valence-corrected chi connectivity index (χ3v) is 4.64. The number of aliphatic hydroxyl groups is 1. The Morgan fingerprint density at radius 3 is 2.71 bits per heavy atom. The van der Waals surface area contributed by atoms with Crippen molar-refractivity contribution < 1.29 is 9.90 Å². The molecule has 0 unspecified atom stereocenters. The van der Waals surface area contributed by atoms with Gasteiger partial charge in [-0.1, -0.05) is 25.3 Å². The zero-order valence-corrected chi connectivity index (χ0v) is 12.7. The number of amides is 1. The fourth-order valence-electron chi connectivity index (χ4n) is 3.53. The Morgan fingerprint density at radius 1 is 1.24 bits per heavy atom. The van der Waals surface area contributed by atoms with Gasteiger partial charge < -0.3 is 10.4 Å². The Labute approximate surface area is 126 Å². The van der Waals surface area contributed by atoms with E-state index in [4.69, 9.17) is 0 Å². The van der Waals surface area contributed by atoms with Crippen molar-refractivity contribution in [3.63, 3.8) is 0 Å². The summed E-state index contributed by atoms with van der Waals surface area (Å²) in [5, 5.41) is 13.4. The molecule has 0 atom stereocenters. The summed E-state index contributed by atoms with van der Waals surface area (Å²) >= 11 is 0. The number of nitrogens with zero attached hydrogens (tertiary/aromatic N) is 1. The molecule has 0 saturated heterocycles. The number of benzene rings is 1. The van der Waals surface area contributed by atoms with E-state index in [0.29, 0.717) is 0 Å². The van der Waals surface area contributed by atoms with E-state index < -0.39 is 5.60 Å². The molecular formula is C17H24N2O2. The third-order valence-electron chi connectivity index (χ3n) is 4.64. The van der Waals surface area contributed by atoms with Crippen LogP contribution >= 0.6 is 0 Å². The number of carbonyl (C=O) groups excluding carboxylic acids is 1. The molecule has 0 spiro atoms. The zero-order chi connectivity index (χ0) is 14.9. The van der Waals surface area contributed by atoms with Gasteiger partial charge in [0.25, 0.3) is 0 Å². The van der Waals surface area contributed by atoms with Crippen molar-refractivity contribution in [2.24, 2.45) is 0 Å². The van der Waals surface area contributed by atoms with Gasteiger partial charge in [-0.15, -0.1) is 0 Å². The molecule has 2 N–H and O–H groups in total. The largest absolute Gasteiger partial charge is 0.389 e. The van der Waals surface area contributed by atoms with Crippen molar-refractivity contribution in [2.45, 2.75) is 57.2 Å². The quantitative estimate of drug-likeness (QED) is 0.899. The summed E-state index contributed by atoms with van der Waals surface area (Å²) in [5.74, 6) is -0.0781. The molecule has 0 bridgehead atoms. The topological polar surface area (TPSA) is 52.6 Å². The van der Waals surface area contributed by atoms with Crippen molar-refractivity contribution in [1.82, 2.24) is 4.90 Å². The first-order valence-corrected chi connectivity index (χ1v) is 7.87. The van der Waals surface area contributed by atoms with Crippen LogP contribution in [-0.2, 0) is 17.9 Å². The maximum absolute atomic E-state index is 12.2. The van der Waals surface area contributed by atoms with Gasteiger partial charge in [0.2, 0.25) is 5.91 Å². The molecule has 2 aliphatic rings. The Balaban J connectivity index is 1.61. The van der Waals surface area contributed by atoms with Gasteiger partial charge in [-0.25, -0.2) is 0 Å². The van der Waals surface area contributed by atoms with Gasteiger partial charge in [0, 0.05) is 18.8 Å². The number of nitrogens with one attached hydrogen (secondary N) is 1. The van der Waals surface area contributed by atoms with Crippen LogP contribution in [0.1, 0.15) is 49.7 Å². The molecule has 4 nitrogen and oxygen atoms in total. The molecule has 1 saturated carbocycles. The van der Waals surface area contributed by atoms with E-state index in [9.17, 15) is 9.90 Å². The van der Waals surface area contributed by atoms with Crippen molar-refractivity contribution in [2.75, 3.05) is 12.4 Å². The Bertz CT molecular complexity index is 536. The smallest absolute Gasteiger partial charge is 0.227 e. The van der Waals surface area contributed by atoms with Crippen LogP contribution in [0.2, 0.25) is 0 Å². The SMILES string of the molecule is CN1Cc2ccc(NC(=O)CC3(O)CCCCC3)cc2C1. The van der Waals surface area contributed by atoms with Gasteiger partial charge in [0.15, 0.2) is 0 Å². The zero-order valence-electron chi connectivity index (χ0n) is 12.7. The lowest BCUT2D eigenvalue weighted by Gasteiger charge is -2.31. The number of hydrogen-bond acceptors (Lipinski definition) is 3. The summed E-state index contributed by atoms with van der Waals surface area (Å²) in [6.07, 6.45) is 4.92. The minimum atomic E-state index is -0.792. The lowest BCUT2D eigenvalue weighted by molar-refractivity contribution is -0.122. The second-order valence-electron chi connectivity index (χ2n) is 6.67. The predicted molar refractivity (Wildman–Crippen MR) is 82.9 cm³/mol. The summed E-state index contributed by atoms with van der Waals surface area (Å²) in [6, 6.07) is 6.10. The lowest BCUT2D eigenvalue weighted by Crippen LogP contribution is -2.35. The molecule has 114 valence electrons. The fourth-order valence-corrected chi connectivity index (χ4v) is 3.53. The Kier molecular flexibility index (Phi) is 4.00. The number of carbonyl (C=O) groups is 1. The molecule has 1 aromatic carbocycles. The van der Waals surface area contributed by atoms with E-state index in [1.54, 1.807) is 0 Å². The van der Waals surface area contributed by atoms with E-state index in [-0.39, 0.29) is 12.3 Å². The standard InChI is InChI=1S/C17H24N2O2/c1-19-11-13-5-6-15(9-14(13)12-19)18-16(20)10-17(21)7-3-2-4-8-17/h5-6,9,21H,2-4,7-8,10-12H2,1H3,(H,18,20). The van der Waals surface area contributed by atoms with Gasteiger partial charge in [-0.3, -0.25) is 9.69 Å². The number of fused-ring (bicyclic) bond motifs is 1. The normalized spacial score (nSPS) is 21.0. The van der Waals surface area contributed by atoms with Crippen LogP contribution in [-0.4, -0.2) is 28.6 Å². The summed E-state index contributed by atoms with van der Waals surface area (Å²) in [6.45, 7) is 1.91. The van der Waals surface area contributed by atoms with Crippen molar-refractivity contribution in [3.05, 3.63) is 29.3 Å². The van der Waals surface area contributed by atoms with E-state index in [0.717, 1.165) is 44.5 Å². The van der Waals surface area contributed by atoms with Crippen LogP contribution in [0.3, 0.4) is 0 Å². The fraction of sp³-hybridized carbons (Fsp3) is 0.588. The molecule has 21 heavy (non-hydrogen) atoms. The van der Waals surface area contributed by atoms with Gasteiger partial charge in [0.1, 0.15) is 0 Å². The summed E-state index contributed by atoms with van der Waals surface area (Å²) in [5.41, 5.74) is 2.67. The molecular weight excluding hydrogens is 264 g/mol. The van der Waals surface area contributed by atoms with Crippen molar-refractivity contribution >= 4 is 11.6 Å². The molecule has 0 aromatic heterocycles. The average molecular weight is 288 g/mol. The van der Waals surface area contributed by atoms with Gasteiger partial charge in [-0.2, -0.15) is 0 Å². The lowest BCUT2D eigenvalue weighted by atomic mass is 9.82. The number of rotatable bonds is 3. The van der Waals surface area contributed by atoms with Crippen LogP contribution < -0.4 is 5.32 Å². The molecule has 1 fully saturated rings. The minimum Gasteiger partial charge on any atom is -0.389 e. The van der Waals surface area contributed by atoms with Crippen molar-refractivity contribution in [3.8, 4) is 0 Å². The first-order valence-electron chi connectivity index (χ1n) is 7.87. The van der Waals surface area contributed by atoms with E-state index in [2.05, 4.69) is 29.4 Å². The van der Waals surface area contributed by atoms with Crippen molar-refractivity contribution in [1.29, 1.82) is 0 Å². The van der Waals surface area contributed by atoms with Gasteiger partial charge in [-0.05, 0) is 43.1 Å².